The zero-order chi connectivity index (χ0) is 11.2. The smallest absolute Gasteiger partial charge is 0.464 e. The van der Waals surface area contributed by atoms with Crippen LogP contribution in [0.2, 0.25) is 12.6 Å². The fraction of sp³-hybridized carbons (Fsp3) is 0.556. The van der Waals surface area contributed by atoms with Crippen molar-refractivity contribution in [3.05, 3.63) is 12.2 Å². The lowest BCUT2D eigenvalue weighted by atomic mass is 10.6. The van der Waals surface area contributed by atoms with E-state index in [0.717, 1.165) is 0 Å². The average molecular weight is 216 g/mol. The molecule has 0 saturated carbocycles. The quantitative estimate of drug-likeness (QED) is 0.531. The Morgan fingerprint density at radius 2 is 1.64 bits per heavy atom. The molecule has 0 N–H and O–H groups in total. The van der Waals surface area contributed by atoms with E-state index in [1.807, 2.05) is 19.1 Å². The largest absolute Gasteiger partial charge is 0.485 e. The molecule has 0 aromatic heterocycles. The summed E-state index contributed by atoms with van der Waals surface area (Å²) in [5, 5.41) is 0. The van der Waals surface area contributed by atoms with E-state index in [1.54, 1.807) is 6.55 Å². The molecule has 0 unspecified atom stereocenters. The Hall–Kier alpha value is -1.10. The predicted molar refractivity (Wildman–Crippen MR) is 54.8 cm³/mol. The molecule has 0 aliphatic carbocycles. The monoisotopic (exact) mass is 216 g/mol. The van der Waals surface area contributed by atoms with Gasteiger partial charge >= 0.3 is 8.56 Å². The molecule has 80 valence electrons. The van der Waals surface area contributed by atoms with E-state index in [-0.39, 0.29) is 0 Å². The molecule has 0 aromatic rings. The summed E-state index contributed by atoms with van der Waals surface area (Å²) in [5.74, 6) is -0.824. The van der Waals surface area contributed by atoms with Crippen LogP contribution in [0.15, 0.2) is 12.2 Å². The zero-order valence-electron chi connectivity index (χ0n) is 8.99. The van der Waals surface area contributed by atoms with Gasteiger partial charge in [-0.3, -0.25) is 9.59 Å². The highest BCUT2D eigenvalue weighted by Crippen LogP contribution is 2.14. The lowest BCUT2D eigenvalue weighted by molar-refractivity contribution is -0.138. The number of carbonyl (C=O) groups excluding carboxylic acids is 2. The molecule has 0 rings (SSSR count). The van der Waals surface area contributed by atoms with Gasteiger partial charge in [-0.2, -0.15) is 0 Å². The summed E-state index contributed by atoms with van der Waals surface area (Å²) in [6, 6.07) is 0.489. The lowest BCUT2D eigenvalue weighted by Crippen LogP contribution is -2.41. The van der Waals surface area contributed by atoms with Gasteiger partial charge in [0.15, 0.2) is 0 Å². The summed E-state index contributed by atoms with van der Waals surface area (Å²) >= 11 is 0. The molecule has 0 aromatic carbocycles. The molecule has 0 bridgehead atoms. The van der Waals surface area contributed by atoms with Gasteiger partial charge in [-0.05, 0) is 6.92 Å². The molecule has 0 radical (unpaired) electrons. The van der Waals surface area contributed by atoms with Crippen molar-refractivity contribution in [3.63, 3.8) is 0 Å². The first-order valence-corrected chi connectivity index (χ1v) is 6.92. The third-order valence-corrected chi connectivity index (χ3v) is 3.86. The van der Waals surface area contributed by atoms with Crippen molar-refractivity contribution < 1.29 is 18.4 Å². The minimum atomic E-state index is -2.68. The molecule has 0 atom stereocenters. The summed E-state index contributed by atoms with van der Waals surface area (Å²) in [6.07, 6.45) is 3.66. The summed E-state index contributed by atoms with van der Waals surface area (Å²) < 4.78 is 10.1. The van der Waals surface area contributed by atoms with Crippen molar-refractivity contribution >= 4 is 20.5 Å². The molecule has 0 fully saturated rings. The van der Waals surface area contributed by atoms with Gasteiger partial charge < -0.3 is 8.85 Å². The van der Waals surface area contributed by atoms with Gasteiger partial charge in [0.25, 0.3) is 11.9 Å². The van der Waals surface area contributed by atoms with Gasteiger partial charge in [-0.25, -0.2) is 0 Å². The molecule has 0 aliphatic heterocycles. The van der Waals surface area contributed by atoms with Crippen molar-refractivity contribution in [1.82, 2.24) is 0 Å². The Labute approximate surface area is 85.1 Å². The third-order valence-electron chi connectivity index (χ3n) is 1.44. The maximum absolute atomic E-state index is 10.8. The first-order valence-electron chi connectivity index (χ1n) is 4.40. The van der Waals surface area contributed by atoms with E-state index in [2.05, 4.69) is 0 Å². The van der Waals surface area contributed by atoms with Crippen LogP contribution in [0.3, 0.4) is 0 Å². The van der Waals surface area contributed by atoms with Gasteiger partial charge in [-0.15, -0.1) is 0 Å². The van der Waals surface area contributed by atoms with Gasteiger partial charge in [0.1, 0.15) is 0 Å². The van der Waals surface area contributed by atoms with E-state index in [1.165, 1.54) is 13.8 Å². The Bertz CT molecular complexity index is 231. The second kappa shape index (κ2) is 5.59. The molecular formula is C9H16O4Si. The second-order valence-corrected chi connectivity index (χ2v) is 6.18. The highest BCUT2D eigenvalue weighted by atomic mass is 28.4. The molecule has 0 saturated heterocycles. The lowest BCUT2D eigenvalue weighted by Gasteiger charge is -2.23. The molecule has 0 amide bonds. The van der Waals surface area contributed by atoms with Crippen LogP contribution in [0.5, 0.6) is 0 Å². The third kappa shape index (κ3) is 5.53. The van der Waals surface area contributed by atoms with E-state index in [9.17, 15) is 9.59 Å². The fourth-order valence-electron chi connectivity index (χ4n) is 1.04. The minimum absolute atomic E-state index is 0.412. The second-order valence-electron chi connectivity index (χ2n) is 3.09. The first kappa shape index (κ1) is 12.9. The van der Waals surface area contributed by atoms with Crippen molar-refractivity contribution in [2.75, 3.05) is 0 Å². The summed E-state index contributed by atoms with van der Waals surface area (Å²) in [6.45, 7) is 6.17. The van der Waals surface area contributed by atoms with Crippen LogP contribution in [-0.4, -0.2) is 20.5 Å². The average Bonchev–Trinajstić information content (AvgIpc) is 1.97. The highest BCUT2D eigenvalue weighted by molar-refractivity contribution is 6.69. The predicted octanol–water partition coefficient (Wildman–Crippen LogP) is 1.76. The van der Waals surface area contributed by atoms with Gasteiger partial charge in [0, 0.05) is 26.4 Å². The first-order chi connectivity index (χ1) is 6.39. The molecule has 0 heterocycles. The van der Waals surface area contributed by atoms with Gasteiger partial charge in [-0.1, -0.05) is 12.2 Å². The van der Waals surface area contributed by atoms with Gasteiger partial charge in [0.2, 0.25) is 0 Å². The van der Waals surface area contributed by atoms with Crippen molar-refractivity contribution in [2.24, 2.45) is 0 Å². The van der Waals surface area contributed by atoms with Crippen molar-refractivity contribution in [2.45, 2.75) is 33.4 Å². The molecule has 0 aliphatic rings. The molecule has 0 spiro atoms. The van der Waals surface area contributed by atoms with Crippen molar-refractivity contribution in [1.29, 1.82) is 0 Å². The summed E-state index contributed by atoms with van der Waals surface area (Å²) in [7, 11) is -2.68. The molecule has 5 heteroatoms. The number of hydrogen-bond donors (Lipinski definition) is 0. The Morgan fingerprint density at radius 3 is 1.93 bits per heavy atom. The van der Waals surface area contributed by atoms with Gasteiger partial charge in [0.05, 0.1) is 0 Å². The summed E-state index contributed by atoms with van der Waals surface area (Å²) in [4.78, 5) is 21.6. The van der Waals surface area contributed by atoms with Crippen LogP contribution < -0.4 is 0 Å². The number of hydrogen-bond acceptors (Lipinski definition) is 4. The Balaban J connectivity index is 4.47. The Morgan fingerprint density at radius 1 is 1.21 bits per heavy atom. The molecule has 14 heavy (non-hydrogen) atoms. The van der Waals surface area contributed by atoms with E-state index in [4.69, 9.17) is 8.85 Å². The highest BCUT2D eigenvalue weighted by Gasteiger charge is 2.36. The SMILES string of the molecule is C/C=C/C[Si](C)(OC(C)=O)OC(C)=O. The van der Waals surface area contributed by atoms with Crippen LogP contribution in [-0.2, 0) is 18.4 Å². The standard InChI is InChI=1S/C9H16O4Si/c1-5-6-7-14(4,12-8(2)10)13-9(3)11/h5-6H,7H2,1-4H3/b6-5+. The number of allylic oxidation sites excluding steroid dienone is 2. The van der Waals surface area contributed by atoms with Crippen LogP contribution >= 0.6 is 0 Å². The molecule has 4 nitrogen and oxygen atoms in total. The minimum Gasteiger partial charge on any atom is -0.485 e. The summed E-state index contributed by atoms with van der Waals surface area (Å²) in [5.41, 5.74) is 0. The van der Waals surface area contributed by atoms with E-state index >= 15 is 0 Å². The maximum Gasteiger partial charge on any atom is 0.464 e. The number of carbonyl (C=O) groups is 2. The Kier molecular flexibility index (Phi) is 5.15. The fourth-order valence-corrected chi connectivity index (χ4v) is 3.13. The van der Waals surface area contributed by atoms with E-state index < -0.39 is 20.5 Å². The van der Waals surface area contributed by atoms with Crippen LogP contribution in [0.25, 0.3) is 0 Å². The number of rotatable bonds is 4. The molecular weight excluding hydrogens is 200 g/mol. The maximum atomic E-state index is 10.8. The van der Waals surface area contributed by atoms with Crippen LogP contribution in [0.4, 0.5) is 0 Å². The van der Waals surface area contributed by atoms with E-state index in [0.29, 0.717) is 6.04 Å². The van der Waals surface area contributed by atoms with Crippen molar-refractivity contribution in [3.8, 4) is 0 Å². The topological polar surface area (TPSA) is 52.6 Å². The normalized spacial score (nSPS) is 11.4. The van der Waals surface area contributed by atoms with Crippen LogP contribution in [0.1, 0.15) is 20.8 Å². The zero-order valence-corrected chi connectivity index (χ0v) is 9.99. The van der Waals surface area contributed by atoms with Crippen LogP contribution in [0, 0.1) is 0 Å².